The number of halogens is 2. The molecule has 2 N–H and O–H groups in total. The largest absolute Gasteiger partial charge is 0.314 e. The Morgan fingerprint density at radius 1 is 1.15 bits per heavy atom. The zero-order chi connectivity index (χ0) is 16.4. The van der Waals surface area contributed by atoms with Crippen LogP contribution in [-0.2, 0) is 4.79 Å². The Hall–Kier alpha value is -1.60. The quantitative estimate of drug-likeness (QED) is 0.812. The van der Waals surface area contributed by atoms with E-state index in [4.69, 9.17) is 5.10 Å². The van der Waals surface area contributed by atoms with Crippen LogP contribution in [0.2, 0.25) is 0 Å². The van der Waals surface area contributed by atoms with Crippen molar-refractivity contribution in [2.75, 3.05) is 38.0 Å². The fourth-order valence-corrected chi connectivity index (χ4v) is 3.09. The summed E-state index contributed by atoms with van der Waals surface area (Å²) in [4.78, 5) is 14.6. The zero-order valence-corrected chi connectivity index (χ0v) is 16.2. The van der Waals surface area contributed by atoms with Gasteiger partial charge in [-0.15, -0.1) is 24.8 Å². The smallest absolute Gasteiger partial charge is 0.239 e. The summed E-state index contributed by atoms with van der Waals surface area (Å²) in [5, 5.41) is 11.1. The van der Waals surface area contributed by atoms with Crippen molar-refractivity contribution in [1.29, 1.82) is 0 Å². The number of para-hydroxylation sites is 1. The summed E-state index contributed by atoms with van der Waals surface area (Å²) in [5.41, 5.74) is 2.05. The Morgan fingerprint density at radius 3 is 2.50 bits per heavy atom. The van der Waals surface area contributed by atoms with E-state index < -0.39 is 0 Å². The number of hydrogen-bond acceptors (Lipinski definition) is 4. The van der Waals surface area contributed by atoms with Crippen LogP contribution in [0, 0.1) is 0 Å². The number of carbonyl (C=O) groups is 1. The van der Waals surface area contributed by atoms with E-state index in [0.29, 0.717) is 12.5 Å². The molecule has 2 aliphatic rings. The normalized spacial score (nSPS) is 17.1. The van der Waals surface area contributed by atoms with Crippen molar-refractivity contribution < 1.29 is 4.79 Å². The monoisotopic (exact) mass is 397 g/mol. The molecule has 1 aromatic heterocycles. The van der Waals surface area contributed by atoms with Gasteiger partial charge in [-0.3, -0.25) is 9.69 Å². The highest BCUT2D eigenvalue weighted by molar-refractivity contribution is 5.91. The van der Waals surface area contributed by atoms with Crippen LogP contribution in [0.5, 0.6) is 0 Å². The summed E-state index contributed by atoms with van der Waals surface area (Å²) in [6.45, 7) is 4.15. The minimum Gasteiger partial charge on any atom is -0.314 e. The lowest BCUT2D eigenvalue weighted by Gasteiger charge is -2.26. The Morgan fingerprint density at radius 2 is 1.85 bits per heavy atom. The second-order valence-corrected chi connectivity index (χ2v) is 6.55. The third kappa shape index (κ3) is 4.98. The van der Waals surface area contributed by atoms with Crippen LogP contribution in [0.25, 0.3) is 5.69 Å². The molecule has 1 aliphatic carbocycles. The van der Waals surface area contributed by atoms with E-state index in [2.05, 4.69) is 15.5 Å². The Balaban J connectivity index is 0.00000121. The number of rotatable bonds is 5. The van der Waals surface area contributed by atoms with Crippen molar-refractivity contribution in [1.82, 2.24) is 20.0 Å². The summed E-state index contributed by atoms with van der Waals surface area (Å²) in [7, 11) is 0. The van der Waals surface area contributed by atoms with Gasteiger partial charge in [-0.25, -0.2) is 4.68 Å². The fraction of sp³-hybridized carbons (Fsp3) is 0.444. The number of aromatic nitrogens is 2. The molecule has 142 valence electrons. The summed E-state index contributed by atoms with van der Waals surface area (Å²) < 4.78 is 1.85. The molecule has 0 bridgehead atoms. The number of benzene rings is 1. The Kier molecular flexibility index (Phi) is 7.46. The maximum atomic E-state index is 12.4. The SMILES string of the molecule is Cl.Cl.O=C(CN1CCNCC1)Nc1cc(C2CC2)nn1-c1ccccc1. The van der Waals surface area contributed by atoms with Gasteiger partial charge in [0.15, 0.2) is 0 Å². The number of nitrogens with zero attached hydrogens (tertiary/aromatic N) is 3. The molecule has 8 heteroatoms. The van der Waals surface area contributed by atoms with E-state index in [1.807, 2.05) is 41.1 Å². The van der Waals surface area contributed by atoms with Gasteiger partial charge in [0.05, 0.1) is 17.9 Å². The molecule has 1 aromatic carbocycles. The molecule has 2 fully saturated rings. The number of amides is 1. The zero-order valence-electron chi connectivity index (χ0n) is 14.6. The van der Waals surface area contributed by atoms with E-state index in [0.717, 1.165) is 43.4 Å². The lowest BCUT2D eigenvalue weighted by atomic mass is 10.3. The van der Waals surface area contributed by atoms with E-state index in [1.165, 1.54) is 12.8 Å². The topological polar surface area (TPSA) is 62.2 Å². The van der Waals surface area contributed by atoms with Crippen LogP contribution < -0.4 is 10.6 Å². The molecule has 2 aromatic rings. The van der Waals surface area contributed by atoms with E-state index in [-0.39, 0.29) is 30.7 Å². The van der Waals surface area contributed by atoms with Crippen molar-refractivity contribution in [3.63, 3.8) is 0 Å². The van der Waals surface area contributed by atoms with E-state index >= 15 is 0 Å². The molecular weight excluding hydrogens is 373 g/mol. The molecule has 6 nitrogen and oxygen atoms in total. The number of piperazine rings is 1. The van der Waals surface area contributed by atoms with Crippen molar-refractivity contribution in [3.8, 4) is 5.69 Å². The molecule has 1 saturated carbocycles. The van der Waals surface area contributed by atoms with Crippen molar-refractivity contribution in [2.24, 2.45) is 0 Å². The van der Waals surface area contributed by atoms with Gasteiger partial charge >= 0.3 is 0 Å². The highest BCUT2D eigenvalue weighted by atomic mass is 35.5. The maximum Gasteiger partial charge on any atom is 0.239 e. The van der Waals surface area contributed by atoms with Crippen molar-refractivity contribution in [3.05, 3.63) is 42.1 Å². The van der Waals surface area contributed by atoms with Crippen molar-refractivity contribution in [2.45, 2.75) is 18.8 Å². The van der Waals surface area contributed by atoms with Gasteiger partial charge in [0, 0.05) is 38.2 Å². The summed E-state index contributed by atoms with van der Waals surface area (Å²) in [6, 6.07) is 12.0. The van der Waals surface area contributed by atoms with Crippen LogP contribution in [-0.4, -0.2) is 53.3 Å². The van der Waals surface area contributed by atoms with Crippen LogP contribution in [0.4, 0.5) is 5.82 Å². The minimum atomic E-state index is 0. The summed E-state index contributed by atoms with van der Waals surface area (Å²) >= 11 is 0. The molecule has 1 saturated heterocycles. The third-order valence-electron chi connectivity index (χ3n) is 4.57. The number of carbonyl (C=O) groups excluding carboxylic acids is 1. The second kappa shape index (κ2) is 9.37. The Labute approximate surface area is 166 Å². The highest BCUT2D eigenvalue weighted by Crippen LogP contribution is 2.40. The van der Waals surface area contributed by atoms with Crippen LogP contribution in [0.3, 0.4) is 0 Å². The summed E-state index contributed by atoms with van der Waals surface area (Å²) in [6.07, 6.45) is 2.39. The van der Waals surface area contributed by atoms with Crippen LogP contribution in [0.15, 0.2) is 36.4 Å². The van der Waals surface area contributed by atoms with E-state index in [9.17, 15) is 4.79 Å². The first kappa shape index (κ1) is 20.7. The molecule has 26 heavy (non-hydrogen) atoms. The standard InChI is InChI=1S/C18H23N5O.2ClH/c24-18(13-22-10-8-19-9-11-22)20-17-12-16(14-6-7-14)21-23(17)15-4-2-1-3-5-15;;/h1-5,12,14,19H,6-11,13H2,(H,20,24);2*1H. The summed E-state index contributed by atoms with van der Waals surface area (Å²) in [5.74, 6) is 1.35. The van der Waals surface area contributed by atoms with Crippen LogP contribution >= 0.6 is 24.8 Å². The molecular formula is C18H25Cl2N5O. The number of anilines is 1. The second-order valence-electron chi connectivity index (χ2n) is 6.55. The van der Waals surface area contributed by atoms with Gasteiger partial charge in [0.25, 0.3) is 0 Å². The number of nitrogens with one attached hydrogen (secondary N) is 2. The molecule has 0 atom stereocenters. The van der Waals surface area contributed by atoms with Gasteiger partial charge in [0.2, 0.25) is 5.91 Å². The molecule has 4 rings (SSSR count). The molecule has 1 aliphatic heterocycles. The molecule has 0 spiro atoms. The van der Waals surface area contributed by atoms with Gasteiger partial charge in [-0.1, -0.05) is 18.2 Å². The van der Waals surface area contributed by atoms with Crippen LogP contribution in [0.1, 0.15) is 24.5 Å². The first-order chi connectivity index (χ1) is 11.8. The third-order valence-corrected chi connectivity index (χ3v) is 4.57. The maximum absolute atomic E-state index is 12.4. The first-order valence-electron chi connectivity index (χ1n) is 8.68. The number of hydrogen-bond donors (Lipinski definition) is 2. The average molecular weight is 398 g/mol. The first-order valence-corrected chi connectivity index (χ1v) is 8.68. The average Bonchev–Trinajstić information content (AvgIpc) is 3.38. The highest BCUT2D eigenvalue weighted by Gasteiger charge is 2.28. The Bertz CT molecular complexity index is 712. The van der Waals surface area contributed by atoms with E-state index in [1.54, 1.807) is 0 Å². The molecule has 2 heterocycles. The fourth-order valence-electron chi connectivity index (χ4n) is 3.09. The van der Waals surface area contributed by atoms with Gasteiger partial charge in [-0.05, 0) is 25.0 Å². The molecule has 0 unspecified atom stereocenters. The van der Waals surface area contributed by atoms with Gasteiger partial charge in [-0.2, -0.15) is 5.10 Å². The molecule has 0 radical (unpaired) electrons. The van der Waals surface area contributed by atoms with Gasteiger partial charge in [0.1, 0.15) is 5.82 Å². The predicted molar refractivity (Wildman–Crippen MR) is 108 cm³/mol. The lowest BCUT2D eigenvalue weighted by molar-refractivity contribution is -0.117. The van der Waals surface area contributed by atoms with Crippen molar-refractivity contribution >= 4 is 36.5 Å². The molecule has 1 amide bonds. The van der Waals surface area contributed by atoms with Gasteiger partial charge < -0.3 is 10.6 Å². The lowest BCUT2D eigenvalue weighted by Crippen LogP contribution is -2.46. The predicted octanol–water partition coefficient (Wildman–Crippen LogP) is 2.44. The minimum absolute atomic E-state index is 0.